The number of nitrogens with zero attached hydrogens (tertiary/aromatic N) is 2. The molecule has 0 spiro atoms. The Morgan fingerprint density at radius 3 is 2.70 bits per heavy atom. The summed E-state index contributed by atoms with van der Waals surface area (Å²) in [4.78, 5) is 32.7. The lowest BCUT2D eigenvalue weighted by Gasteiger charge is -2.27. The second kappa shape index (κ2) is 8.85. The molecule has 1 saturated carbocycles. The van der Waals surface area contributed by atoms with Crippen LogP contribution in [0.15, 0.2) is 30.3 Å². The van der Waals surface area contributed by atoms with Gasteiger partial charge in [-0.05, 0) is 36.2 Å². The van der Waals surface area contributed by atoms with Crippen LogP contribution in [0, 0.1) is 17.8 Å². The molecule has 0 radical (unpaired) electrons. The van der Waals surface area contributed by atoms with Crippen LogP contribution in [0.25, 0.3) is 0 Å². The van der Waals surface area contributed by atoms with Crippen LogP contribution < -0.4 is 5.48 Å². The number of fused-ring (bicyclic) bond motifs is 1. The zero-order valence-electron chi connectivity index (χ0n) is 16.5. The van der Waals surface area contributed by atoms with E-state index < -0.39 is 12.1 Å². The Kier molecular flexibility index (Phi) is 6.50. The minimum Gasteiger partial charge on any atom is -0.353 e. The van der Waals surface area contributed by atoms with Crippen molar-refractivity contribution in [1.82, 2.24) is 15.3 Å². The summed E-state index contributed by atoms with van der Waals surface area (Å²) in [6, 6.07) is 10.2. The molecule has 0 unspecified atom stereocenters. The molecule has 148 valence electrons. The van der Waals surface area contributed by atoms with E-state index in [2.05, 4.69) is 34.6 Å². The van der Waals surface area contributed by atoms with E-state index in [1.165, 1.54) is 10.5 Å². The molecule has 0 bridgehead atoms. The molecule has 1 N–H and O–H groups in total. The van der Waals surface area contributed by atoms with Gasteiger partial charge in [-0.1, -0.05) is 44.2 Å². The van der Waals surface area contributed by atoms with Crippen molar-refractivity contribution in [2.45, 2.75) is 45.3 Å². The zero-order chi connectivity index (χ0) is 19.4. The number of carbonyl (C=O) groups excluding carboxylic acids is 2. The van der Waals surface area contributed by atoms with E-state index in [1.807, 2.05) is 19.9 Å². The standard InChI is InChI=1S/C21H31N3O3/c1-15(2)20(14-25)23(3)21(26)27-22-19-10-9-17-12-24(13-18(17)19)11-16-7-5-4-6-8-16/h4-8,14-15,17-20,22H,9-13H2,1-3H3/t17-,18+,19+,20+/m0/s1. The van der Waals surface area contributed by atoms with Gasteiger partial charge in [-0.25, -0.2) is 4.79 Å². The summed E-state index contributed by atoms with van der Waals surface area (Å²) in [6.07, 6.45) is 2.48. The maximum Gasteiger partial charge on any atom is 0.429 e. The van der Waals surface area contributed by atoms with E-state index in [0.29, 0.717) is 11.8 Å². The fraction of sp³-hybridized carbons (Fsp3) is 0.619. The Hall–Kier alpha value is -1.92. The Balaban J connectivity index is 1.49. The number of likely N-dealkylation sites (tertiary alicyclic amines) is 1. The number of rotatable bonds is 7. The van der Waals surface area contributed by atoms with E-state index in [0.717, 1.165) is 38.8 Å². The third-order valence-electron chi connectivity index (χ3n) is 6.04. The van der Waals surface area contributed by atoms with E-state index in [-0.39, 0.29) is 12.0 Å². The number of hydrogen-bond acceptors (Lipinski definition) is 5. The van der Waals surface area contributed by atoms with Gasteiger partial charge in [0.05, 0.1) is 6.04 Å². The van der Waals surface area contributed by atoms with E-state index >= 15 is 0 Å². The minimum atomic E-state index is -0.497. The molecule has 6 nitrogen and oxygen atoms in total. The van der Waals surface area contributed by atoms with Crippen LogP contribution in [0.2, 0.25) is 0 Å². The molecule has 0 aromatic heterocycles. The number of amides is 1. The first-order valence-electron chi connectivity index (χ1n) is 9.90. The fourth-order valence-corrected chi connectivity index (χ4v) is 4.49. The van der Waals surface area contributed by atoms with Crippen LogP contribution >= 0.6 is 0 Å². The second-order valence-corrected chi connectivity index (χ2v) is 8.25. The maximum absolute atomic E-state index is 12.3. The monoisotopic (exact) mass is 373 g/mol. The predicted molar refractivity (Wildman–Crippen MR) is 104 cm³/mol. The van der Waals surface area contributed by atoms with E-state index in [4.69, 9.17) is 4.84 Å². The molecular weight excluding hydrogens is 342 g/mol. The van der Waals surface area contributed by atoms with Gasteiger partial charge in [0.2, 0.25) is 0 Å². The number of nitrogens with one attached hydrogen (secondary N) is 1. The lowest BCUT2D eigenvalue weighted by Crippen LogP contribution is -2.45. The first-order chi connectivity index (χ1) is 13.0. The van der Waals surface area contributed by atoms with E-state index in [9.17, 15) is 9.59 Å². The summed E-state index contributed by atoms with van der Waals surface area (Å²) in [5.74, 6) is 1.21. The summed E-state index contributed by atoms with van der Waals surface area (Å²) in [6.45, 7) is 6.92. The third kappa shape index (κ3) is 4.68. The van der Waals surface area contributed by atoms with Crippen molar-refractivity contribution in [1.29, 1.82) is 0 Å². The molecular formula is C21H31N3O3. The van der Waals surface area contributed by atoms with Crippen molar-refractivity contribution in [2.24, 2.45) is 17.8 Å². The average molecular weight is 373 g/mol. The van der Waals surface area contributed by atoms with Crippen molar-refractivity contribution in [3.8, 4) is 0 Å². The van der Waals surface area contributed by atoms with Gasteiger partial charge in [0.1, 0.15) is 6.29 Å². The van der Waals surface area contributed by atoms with Crippen LogP contribution in [0.5, 0.6) is 0 Å². The Morgan fingerprint density at radius 1 is 1.30 bits per heavy atom. The molecule has 1 aromatic rings. The lowest BCUT2D eigenvalue weighted by molar-refractivity contribution is -0.113. The van der Waals surface area contributed by atoms with E-state index in [1.54, 1.807) is 7.05 Å². The predicted octanol–water partition coefficient (Wildman–Crippen LogP) is 2.69. The molecule has 1 saturated heterocycles. The topological polar surface area (TPSA) is 61.9 Å². The fourth-order valence-electron chi connectivity index (χ4n) is 4.49. The minimum absolute atomic E-state index is 0.0530. The number of hydrogen-bond donors (Lipinski definition) is 1. The molecule has 1 heterocycles. The normalized spacial score (nSPS) is 26.0. The third-order valence-corrected chi connectivity index (χ3v) is 6.04. The van der Waals surface area contributed by atoms with Gasteiger partial charge in [0.15, 0.2) is 0 Å². The van der Waals surface area contributed by atoms with Crippen LogP contribution in [0.4, 0.5) is 4.79 Å². The summed E-state index contributed by atoms with van der Waals surface area (Å²) < 4.78 is 0. The summed E-state index contributed by atoms with van der Waals surface area (Å²) in [5, 5.41) is 0. The van der Waals surface area contributed by atoms with Crippen molar-refractivity contribution in [3.05, 3.63) is 35.9 Å². The number of aldehydes is 1. The molecule has 1 aliphatic carbocycles. The quantitative estimate of drug-likeness (QED) is 0.588. The maximum atomic E-state index is 12.3. The Bertz CT molecular complexity index is 637. The molecule has 2 fully saturated rings. The van der Waals surface area contributed by atoms with Gasteiger partial charge in [-0.15, -0.1) is 5.48 Å². The first-order valence-corrected chi connectivity index (χ1v) is 9.90. The summed E-state index contributed by atoms with van der Waals surface area (Å²) in [7, 11) is 1.61. The molecule has 1 aliphatic heterocycles. The highest BCUT2D eigenvalue weighted by atomic mass is 16.7. The smallest absolute Gasteiger partial charge is 0.353 e. The SMILES string of the molecule is CC(C)[C@@H](C=O)N(C)C(=O)ON[C@@H]1CC[C@H]2CN(Cc3ccccc3)C[C@H]21. The Labute approximate surface area is 161 Å². The molecule has 1 aromatic carbocycles. The van der Waals surface area contributed by atoms with Gasteiger partial charge in [-0.3, -0.25) is 9.80 Å². The van der Waals surface area contributed by atoms with Crippen LogP contribution in [-0.2, 0) is 16.2 Å². The molecule has 3 rings (SSSR count). The number of hydroxylamine groups is 1. The van der Waals surface area contributed by atoms with Crippen molar-refractivity contribution >= 4 is 12.4 Å². The van der Waals surface area contributed by atoms with Crippen molar-refractivity contribution in [2.75, 3.05) is 20.1 Å². The van der Waals surface area contributed by atoms with Crippen LogP contribution in [-0.4, -0.2) is 54.4 Å². The van der Waals surface area contributed by atoms with Gasteiger partial charge in [-0.2, -0.15) is 0 Å². The highest BCUT2D eigenvalue weighted by molar-refractivity contribution is 5.73. The summed E-state index contributed by atoms with van der Waals surface area (Å²) in [5.41, 5.74) is 4.34. The van der Waals surface area contributed by atoms with Crippen LogP contribution in [0.3, 0.4) is 0 Å². The Morgan fingerprint density at radius 2 is 2.04 bits per heavy atom. The molecule has 6 heteroatoms. The van der Waals surface area contributed by atoms with Crippen LogP contribution in [0.1, 0.15) is 32.3 Å². The van der Waals surface area contributed by atoms with Crippen molar-refractivity contribution < 1.29 is 14.4 Å². The second-order valence-electron chi connectivity index (χ2n) is 8.25. The molecule has 2 aliphatic rings. The lowest BCUT2D eigenvalue weighted by atomic mass is 9.98. The largest absolute Gasteiger partial charge is 0.429 e. The first kappa shape index (κ1) is 19.8. The number of carbonyl (C=O) groups is 2. The summed E-state index contributed by atoms with van der Waals surface area (Å²) >= 11 is 0. The van der Waals surface area contributed by atoms with Gasteiger partial charge >= 0.3 is 6.09 Å². The highest BCUT2D eigenvalue weighted by Crippen LogP contribution is 2.38. The van der Waals surface area contributed by atoms with Gasteiger partial charge < -0.3 is 9.63 Å². The molecule has 4 atom stereocenters. The zero-order valence-corrected chi connectivity index (χ0v) is 16.5. The van der Waals surface area contributed by atoms with Gasteiger partial charge in [0, 0.05) is 32.7 Å². The number of benzene rings is 1. The number of likely N-dealkylation sites (N-methyl/N-ethyl adjacent to an activating group) is 1. The molecule has 1 amide bonds. The average Bonchev–Trinajstić information content (AvgIpc) is 3.21. The molecule has 27 heavy (non-hydrogen) atoms. The van der Waals surface area contributed by atoms with Crippen molar-refractivity contribution in [3.63, 3.8) is 0 Å². The van der Waals surface area contributed by atoms with Gasteiger partial charge in [0.25, 0.3) is 0 Å². The highest BCUT2D eigenvalue weighted by Gasteiger charge is 2.43.